The average Bonchev–Trinajstić information content (AvgIpc) is 3.32. The van der Waals surface area contributed by atoms with E-state index < -0.39 is 11.5 Å². The molecule has 1 heterocycles. The van der Waals surface area contributed by atoms with Crippen LogP contribution in [0.5, 0.6) is 0 Å². The number of likely N-dealkylation sites (tertiary alicyclic amines) is 1. The van der Waals surface area contributed by atoms with Crippen molar-refractivity contribution in [1.29, 1.82) is 0 Å². The molecule has 0 aromatic carbocycles. The van der Waals surface area contributed by atoms with Gasteiger partial charge in [-0.25, -0.2) is 4.79 Å². The van der Waals surface area contributed by atoms with Gasteiger partial charge in [-0.2, -0.15) is 0 Å². The van der Waals surface area contributed by atoms with Crippen molar-refractivity contribution in [3.05, 3.63) is 11.6 Å². The molecule has 1 N–H and O–H groups in total. The summed E-state index contributed by atoms with van der Waals surface area (Å²) in [5, 5.41) is 3.07. The number of piperidine rings is 1. The normalized spacial score (nSPS) is 25.6. The first-order valence-electron chi connectivity index (χ1n) is 11.4. The molecule has 1 aliphatic carbocycles. The molecule has 2 fully saturated rings. The van der Waals surface area contributed by atoms with Gasteiger partial charge in [0.15, 0.2) is 0 Å². The van der Waals surface area contributed by atoms with Gasteiger partial charge >= 0.3 is 5.97 Å². The van der Waals surface area contributed by atoms with Gasteiger partial charge in [-0.05, 0) is 50.5 Å². The van der Waals surface area contributed by atoms with E-state index in [1.54, 1.807) is 31.9 Å². The van der Waals surface area contributed by atoms with Crippen LogP contribution in [0.25, 0.3) is 0 Å². The van der Waals surface area contributed by atoms with Gasteiger partial charge in [-0.3, -0.25) is 14.5 Å². The van der Waals surface area contributed by atoms with Gasteiger partial charge in [-0.15, -0.1) is 0 Å². The maximum atomic E-state index is 13.6. The second-order valence-electron chi connectivity index (χ2n) is 10.6. The molecule has 5 atom stereocenters. The number of ether oxygens (including phenoxy) is 1. The zero-order valence-electron chi connectivity index (χ0n) is 20.7. The number of hydrogen-bond acceptors (Lipinski definition) is 5. The molecule has 0 bridgehead atoms. The highest BCUT2D eigenvalue weighted by Crippen LogP contribution is 2.49. The molecule has 1 saturated heterocycles. The Bertz CT molecular complexity index is 723. The molecule has 0 radical (unpaired) electrons. The Morgan fingerprint density at radius 1 is 1.26 bits per heavy atom. The van der Waals surface area contributed by atoms with Gasteiger partial charge in [0.25, 0.3) is 0 Å². The predicted octanol–water partition coefficient (Wildman–Crippen LogP) is 2.46. The van der Waals surface area contributed by atoms with Gasteiger partial charge in [-0.1, -0.05) is 40.7 Å². The summed E-state index contributed by atoms with van der Waals surface area (Å²) in [5.74, 6) is 0.528. The lowest BCUT2D eigenvalue weighted by Crippen LogP contribution is -2.59. The SMILES string of the molecule is CCOC(=O)C(C)=C[C@H](C(C)C)N(C)C(=O)[C@@H](NC(=O)[C@@H]1[C@H]2CC2CN1C)C(C)(C)C. The van der Waals surface area contributed by atoms with Crippen LogP contribution in [0, 0.1) is 23.2 Å². The number of carbonyl (C=O) groups excluding carboxylic acids is 3. The van der Waals surface area contributed by atoms with E-state index in [4.69, 9.17) is 4.74 Å². The molecule has 7 heteroatoms. The minimum Gasteiger partial charge on any atom is -0.463 e. The third kappa shape index (κ3) is 5.88. The van der Waals surface area contributed by atoms with Crippen LogP contribution in [-0.4, -0.2) is 73.0 Å². The van der Waals surface area contributed by atoms with Crippen molar-refractivity contribution in [2.45, 2.75) is 73.0 Å². The lowest BCUT2D eigenvalue weighted by atomic mass is 9.84. The fourth-order valence-corrected chi connectivity index (χ4v) is 4.62. The molecule has 7 nitrogen and oxygen atoms in total. The van der Waals surface area contributed by atoms with Gasteiger partial charge in [0.05, 0.1) is 18.7 Å². The van der Waals surface area contributed by atoms with Crippen molar-refractivity contribution in [2.75, 3.05) is 27.2 Å². The minimum atomic E-state index is -0.659. The molecule has 2 rings (SSSR count). The Labute approximate surface area is 187 Å². The Hall–Kier alpha value is -1.89. The molecule has 1 saturated carbocycles. The van der Waals surface area contributed by atoms with Crippen molar-refractivity contribution < 1.29 is 19.1 Å². The summed E-state index contributed by atoms with van der Waals surface area (Å²) in [4.78, 5) is 42.6. The Balaban J connectivity index is 2.21. The van der Waals surface area contributed by atoms with Gasteiger partial charge < -0.3 is 15.0 Å². The monoisotopic (exact) mass is 435 g/mol. The molecule has 176 valence electrons. The summed E-state index contributed by atoms with van der Waals surface area (Å²) in [7, 11) is 3.72. The van der Waals surface area contributed by atoms with Crippen LogP contribution in [0.3, 0.4) is 0 Å². The molecular formula is C24H41N3O4. The largest absolute Gasteiger partial charge is 0.463 e. The standard InChI is InChI=1S/C24H41N3O4/c1-10-31-23(30)15(4)11-18(14(2)3)27(9)22(29)20(24(5,6)7)25-21(28)19-17-12-16(17)13-26(19)8/h11,14,16-20H,10,12-13H2,1-9H3,(H,25,28)/t16?,17-,18+,19-,20+/m0/s1. The van der Waals surface area contributed by atoms with Crippen molar-refractivity contribution >= 4 is 17.8 Å². The lowest BCUT2D eigenvalue weighted by molar-refractivity contribution is -0.141. The summed E-state index contributed by atoms with van der Waals surface area (Å²) < 4.78 is 5.09. The predicted molar refractivity (Wildman–Crippen MR) is 121 cm³/mol. The van der Waals surface area contributed by atoms with E-state index in [9.17, 15) is 14.4 Å². The van der Waals surface area contributed by atoms with Gasteiger partial charge in [0, 0.05) is 19.2 Å². The van der Waals surface area contributed by atoms with Crippen molar-refractivity contribution in [3.8, 4) is 0 Å². The van der Waals surface area contributed by atoms with Crippen LogP contribution in [0.1, 0.15) is 54.9 Å². The lowest BCUT2D eigenvalue weighted by Gasteiger charge is -2.38. The third-order valence-corrected chi connectivity index (χ3v) is 6.54. The molecule has 1 unspecified atom stereocenters. The Morgan fingerprint density at radius 3 is 2.32 bits per heavy atom. The molecule has 2 amide bonds. The fourth-order valence-electron chi connectivity index (χ4n) is 4.62. The Morgan fingerprint density at radius 2 is 1.87 bits per heavy atom. The first-order valence-corrected chi connectivity index (χ1v) is 11.4. The number of carbonyl (C=O) groups is 3. The molecule has 0 aromatic heterocycles. The smallest absolute Gasteiger partial charge is 0.333 e. The van der Waals surface area contributed by atoms with E-state index >= 15 is 0 Å². The van der Waals surface area contributed by atoms with Crippen LogP contribution in [0.15, 0.2) is 11.6 Å². The number of likely N-dealkylation sites (N-methyl/N-ethyl adjacent to an activating group) is 2. The number of rotatable bonds is 8. The molecule has 0 spiro atoms. The number of nitrogens with zero attached hydrogens (tertiary/aromatic N) is 2. The van der Waals surface area contributed by atoms with Crippen LogP contribution >= 0.6 is 0 Å². The van der Waals surface area contributed by atoms with Gasteiger partial charge in [0.2, 0.25) is 11.8 Å². The maximum Gasteiger partial charge on any atom is 0.333 e. The molecule has 1 aliphatic heterocycles. The highest BCUT2D eigenvalue weighted by molar-refractivity contribution is 5.91. The molecule has 31 heavy (non-hydrogen) atoms. The van der Waals surface area contributed by atoms with Crippen molar-refractivity contribution in [2.24, 2.45) is 23.2 Å². The number of amides is 2. The molecular weight excluding hydrogens is 394 g/mol. The summed E-state index contributed by atoms with van der Waals surface area (Å²) in [6.45, 7) is 14.6. The third-order valence-electron chi connectivity index (χ3n) is 6.54. The average molecular weight is 436 g/mol. The zero-order chi connectivity index (χ0) is 23.7. The molecule has 2 aliphatic rings. The van der Waals surface area contributed by atoms with Crippen LogP contribution < -0.4 is 5.32 Å². The fraction of sp³-hybridized carbons (Fsp3) is 0.792. The minimum absolute atomic E-state index is 0.0616. The highest BCUT2D eigenvalue weighted by atomic mass is 16.5. The van der Waals surface area contributed by atoms with E-state index in [1.807, 2.05) is 41.7 Å². The summed E-state index contributed by atoms with van der Waals surface area (Å²) in [6.07, 6.45) is 2.89. The van der Waals surface area contributed by atoms with Gasteiger partial charge in [0.1, 0.15) is 6.04 Å². The van der Waals surface area contributed by atoms with Crippen LogP contribution in [0.4, 0.5) is 0 Å². The summed E-state index contributed by atoms with van der Waals surface area (Å²) in [5.41, 5.74) is 0.0200. The first kappa shape index (κ1) is 25.4. The topological polar surface area (TPSA) is 79.0 Å². The van der Waals surface area contributed by atoms with E-state index in [2.05, 4.69) is 10.2 Å². The highest BCUT2D eigenvalue weighted by Gasteiger charge is 2.54. The van der Waals surface area contributed by atoms with Crippen LogP contribution in [0.2, 0.25) is 0 Å². The summed E-state index contributed by atoms with van der Waals surface area (Å²) >= 11 is 0. The van der Waals surface area contributed by atoms with Crippen molar-refractivity contribution in [3.63, 3.8) is 0 Å². The number of hydrogen-bond donors (Lipinski definition) is 1. The van der Waals surface area contributed by atoms with E-state index in [0.29, 0.717) is 24.0 Å². The summed E-state index contributed by atoms with van der Waals surface area (Å²) in [6, 6.07) is -1.10. The Kier molecular flexibility index (Phi) is 7.95. The van der Waals surface area contributed by atoms with E-state index in [0.717, 1.165) is 13.0 Å². The first-order chi connectivity index (χ1) is 14.3. The second-order valence-corrected chi connectivity index (χ2v) is 10.6. The number of nitrogens with one attached hydrogen (secondary N) is 1. The number of esters is 1. The van der Waals surface area contributed by atoms with E-state index in [-0.39, 0.29) is 35.8 Å². The second kappa shape index (κ2) is 9.72. The van der Waals surface area contributed by atoms with Crippen LogP contribution in [-0.2, 0) is 19.1 Å². The quantitative estimate of drug-likeness (QED) is 0.468. The maximum absolute atomic E-state index is 13.6. The van der Waals surface area contributed by atoms with E-state index in [1.165, 1.54) is 0 Å². The molecule has 0 aromatic rings. The number of fused-ring (bicyclic) bond motifs is 1. The van der Waals surface area contributed by atoms with Crippen molar-refractivity contribution in [1.82, 2.24) is 15.1 Å². The zero-order valence-corrected chi connectivity index (χ0v) is 20.7.